The number of ether oxygens (including phenoxy) is 1. The van der Waals surface area contributed by atoms with Gasteiger partial charge in [0.25, 0.3) is 0 Å². The van der Waals surface area contributed by atoms with E-state index in [1.165, 1.54) is 0 Å². The van der Waals surface area contributed by atoms with E-state index < -0.39 is 5.60 Å². The van der Waals surface area contributed by atoms with Crippen molar-refractivity contribution in [1.29, 1.82) is 0 Å². The van der Waals surface area contributed by atoms with Crippen molar-refractivity contribution in [2.75, 3.05) is 13.7 Å². The first kappa shape index (κ1) is 15.9. The van der Waals surface area contributed by atoms with E-state index in [4.69, 9.17) is 4.74 Å². The van der Waals surface area contributed by atoms with Gasteiger partial charge in [-0.15, -0.1) is 11.3 Å². The summed E-state index contributed by atoms with van der Waals surface area (Å²) in [6.07, 6.45) is 0. The van der Waals surface area contributed by atoms with Gasteiger partial charge in [0.15, 0.2) is 0 Å². The van der Waals surface area contributed by atoms with E-state index in [9.17, 15) is 5.11 Å². The third-order valence-corrected chi connectivity index (χ3v) is 4.92. The lowest BCUT2D eigenvalue weighted by Crippen LogP contribution is -2.34. The third-order valence-electron chi connectivity index (χ3n) is 3.79. The SMILES string of the molecule is COc1nc2ccccc2cc1CNCC(C)(O)c1cccs1. The standard InChI is InChI=1S/C18H20N2O2S/c1-18(21,16-8-5-9-23-16)12-19-11-14-10-13-6-3-4-7-15(13)20-17(14)22-2/h3-10,19,21H,11-12H2,1-2H3. The van der Waals surface area contributed by atoms with E-state index in [1.807, 2.05) is 48.7 Å². The van der Waals surface area contributed by atoms with Crippen molar-refractivity contribution in [1.82, 2.24) is 10.3 Å². The lowest BCUT2D eigenvalue weighted by molar-refractivity contribution is 0.0604. The number of thiophene rings is 1. The van der Waals surface area contributed by atoms with Crippen LogP contribution in [0.25, 0.3) is 10.9 Å². The molecule has 0 aliphatic heterocycles. The third kappa shape index (κ3) is 3.52. The van der Waals surface area contributed by atoms with Gasteiger partial charge in [0.1, 0.15) is 5.60 Å². The summed E-state index contributed by atoms with van der Waals surface area (Å²) in [6, 6.07) is 13.9. The Morgan fingerprint density at radius 2 is 2.09 bits per heavy atom. The molecule has 1 unspecified atom stereocenters. The Labute approximate surface area is 139 Å². The van der Waals surface area contributed by atoms with Crippen LogP contribution in [0.15, 0.2) is 47.8 Å². The highest BCUT2D eigenvalue weighted by Crippen LogP contribution is 2.25. The molecule has 0 spiro atoms. The van der Waals surface area contributed by atoms with Crippen molar-refractivity contribution in [3.05, 3.63) is 58.3 Å². The number of fused-ring (bicyclic) bond motifs is 1. The van der Waals surface area contributed by atoms with Crippen LogP contribution in [0.4, 0.5) is 0 Å². The van der Waals surface area contributed by atoms with Crippen molar-refractivity contribution >= 4 is 22.2 Å². The Bertz CT molecular complexity index is 785. The highest BCUT2D eigenvalue weighted by molar-refractivity contribution is 7.10. The van der Waals surface area contributed by atoms with Crippen LogP contribution in [0.5, 0.6) is 5.88 Å². The molecule has 0 aliphatic carbocycles. The molecule has 3 aromatic rings. The zero-order valence-electron chi connectivity index (χ0n) is 13.2. The molecule has 120 valence electrons. The van der Waals surface area contributed by atoms with Crippen LogP contribution in [0, 0.1) is 0 Å². The van der Waals surface area contributed by atoms with E-state index in [-0.39, 0.29) is 0 Å². The number of methoxy groups -OCH3 is 1. The number of hydrogen-bond acceptors (Lipinski definition) is 5. The van der Waals surface area contributed by atoms with E-state index in [1.54, 1.807) is 18.4 Å². The topological polar surface area (TPSA) is 54.4 Å². The highest BCUT2D eigenvalue weighted by atomic mass is 32.1. The summed E-state index contributed by atoms with van der Waals surface area (Å²) in [7, 11) is 1.63. The first-order valence-corrected chi connectivity index (χ1v) is 8.38. The average molecular weight is 328 g/mol. The average Bonchev–Trinajstić information content (AvgIpc) is 3.09. The number of nitrogens with zero attached hydrogens (tertiary/aromatic N) is 1. The normalized spacial score (nSPS) is 13.9. The van der Waals surface area contributed by atoms with Gasteiger partial charge in [0, 0.05) is 28.9 Å². The molecule has 0 amide bonds. The maximum absolute atomic E-state index is 10.6. The number of nitrogens with one attached hydrogen (secondary N) is 1. The second-order valence-electron chi connectivity index (χ2n) is 5.70. The van der Waals surface area contributed by atoms with E-state index >= 15 is 0 Å². The molecule has 2 aromatic heterocycles. The Balaban J connectivity index is 1.74. The van der Waals surface area contributed by atoms with Crippen molar-refractivity contribution < 1.29 is 9.84 Å². The maximum atomic E-state index is 10.6. The molecule has 2 heterocycles. The number of aromatic nitrogens is 1. The fourth-order valence-corrected chi connectivity index (χ4v) is 3.35. The van der Waals surface area contributed by atoms with Crippen molar-refractivity contribution in [2.45, 2.75) is 19.1 Å². The summed E-state index contributed by atoms with van der Waals surface area (Å²) in [5.41, 5.74) is 1.01. The van der Waals surface area contributed by atoms with Gasteiger partial charge in [-0.05, 0) is 30.5 Å². The van der Waals surface area contributed by atoms with Crippen LogP contribution >= 0.6 is 11.3 Å². The predicted octanol–water partition coefficient (Wildman–Crippen LogP) is 3.30. The van der Waals surface area contributed by atoms with Crippen LogP contribution in [-0.2, 0) is 12.1 Å². The zero-order valence-corrected chi connectivity index (χ0v) is 14.1. The summed E-state index contributed by atoms with van der Waals surface area (Å²) in [5, 5.41) is 16.9. The minimum atomic E-state index is -0.883. The Kier molecular flexibility index (Phi) is 4.61. The molecule has 2 N–H and O–H groups in total. The minimum Gasteiger partial charge on any atom is -0.481 e. The summed E-state index contributed by atoms with van der Waals surface area (Å²) >= 11 is 1.56. The van der Waals surface area contributed by atoms with E-state index in [0.717, 1.165) is 21.3 Å². The summed E-state index contributed by atoms with van der Waals surface area (Å²) in [6.45, 7) is 2.87. The number of rotatable bonds is 6. The van der Waals surface area contributed by atoms with Gasteiger partial charge in [0.2, 0.25) is 5.88 Å². The Hall–Kier alpha value is -1.95. The Morgan fingerprint density at radius 3 is 2.83 bits per heavy atom. The smallest absolute Gasteiger partial charge is 0.218 e. The molecule has 0 saturated heterocycles. The number of hydrogen-bond donors (Lipinski definition) is 2. The van der Waals surface area contributed by atoms with Gasteiger partial charge in [-0.3, -0.25) is 0 Å². The largest absolute Gasteiger partial charge is 0.481 e. The first-order chi connectivity index (χ1) is 11.1. The highest BCUT2D eigenvalue weighted by Gasteiger charge is 2.23. The number of pyridine rings is 1. The number of aliphatic hydroxyl groups is 1. The van der Waals surface area contributed by atoms with Crippen LogP contribution in [0.3, 0.4) is 0 Å². The predicted molar refractivity (Wildman–Crippen MR) is 93.9 cm³/mol. The van der Waals surface area contributed by atoms with Crippen molar-refractivity contribution in [2.24, 2.45) is 0 Å². The van der Waals surface area contributed by atoms with Crippen molar-refractivity contribution in [3.8, 4) is 5.88 Å². The van der Waals surface area contributed by atoms with Crippen LogP contribution < -0.4 is 10.1 Å². The Morgan fingerprint density at radius 1 is 1.26 bits per heavy atom. The monoisotopic (exact) mass is 328 g/mol. The fraction of sp³-hybridized carbons (Fsp3) is 0.278. The molecule has 23 heavy (non-hydrogen) atoms. The summed E-state index contributed by atoms with van der Waals surface area (Å²) in [4.78, 5) is 5.49. The molecular formula is C18H20N2O2S. The quantitative estimate of drug-likeness (QED) is 0.729. The molecule has 0 aliphatic rings. The molecule has 0 fully saturated rings. The number of benzene rings is 1. The molecular weight excluding hydrogens is 308 g/mol. The molecule has 0 bridgehead atoms. The van der Waals surface area contributed by atoms with Crippen molar-refractivity contribution in [3.63, 3.8) is 0 Å². The lowest BCUT2D eigenvalue weighted by atomic mass is 10.1. The second-order valence-corrected chi connectivity index (χ2v) is 6.65. The van der Waals surface area contributed by atoms with Gasteiger partial charge in [-0.25, -0.2) is 4.98 Å². The molecule has 1 atom stereocenters. The van der Waals surface area contributed by atoms with Gasteiger partial charge in [-0.2, -0.15) is 0 Å². The molecule has 3 rings (SSSR count). The van der Waals surface area contributed by atoms with Gasteiger partial charge in [-0.1, -0.05) is 24.3 Å². The lowest BCUT2D eigenvalue weighted by Gasteiger charge is -2.22. The van der Waals surface area contributed by atoms with E-state index in [0.29, 0.717) is 19.0 Å². The molecule has 1 aromatic carbocycles. The summed E-state index contributed by atoms with van der Waals surface area (Å²) in [5.74, 6) is 0.618. The zero-order chi connectivity index (χ0) is 16.3. The minimum absolute atomic E-state index is 0.462. The van der Waals surface area contributed by atoms with Gasteiger partial charge < -0.3 is 15.2 Å². The van der Waals surface area contributed by atoms with Gasteiger partial charge >= 0.3 is 0 Å². The second kappa shape index (κ2) is 6.66. The molecule has 0 radical (unpaired) electrons. The summed E-state index contributed by atoms with van der Waals surface area (Å²) < 4.78 is 5.40. The van der Waals surface area contributed by atoms with E-state index in [2.05, 4.69) is 16.4 Å². The van der Waals surface area contributed by atoms with Crippen LogP contribution in [-0.4, -0.2) is 23.7 Å². The van der Waals surface area contributed by atoms with Crippen LogP contribution in [0.1, 0.15) is 17.4 Å². The first-order valence-electron chi connectivity index (χ1n) is 7.50. The maximum Gasteiger partial charge on any atom is 0.218 e. The molecule has 0 saturated carbocycles. The molecule has 5 heteroatoms. The van der Waals surface area contributed by atoms with Crippen LogP contribution in [0.2, 0.25) is 0 Å². The number of para-hydroxylation sites is 1. The van der Waals surface area contributed by atoms with Gasteiger partial charge in [0.05, 0.1) is 12.6 Å². The fourth-order valence-electron chi connectivity index (χ4n) is 2.56. The molecule has 4 nitrogen and oxygen atoms in total.